The molecule has 2 amide bonds. The smallest absolute Gasteiger partial charge is 0.235 e. The van der Waals surface area contributed by atoms with Crippen LogP contribution in [0.15, 0.2) is 0 Å². The van der Waals surface area contributed by atoms with E-state index in [1.54, 1.807) is 0 Å². The first-order chi connectivity index (χ1) is 14.5. The first-order valence-corrected chi connectivity index (χ1v) is 13.1. The second kappa shape index (κ2) is 19.9. The molecule has 0 heterocycles. The van der Waals surface area contributed by atoms with Crippen LogP contribution < -0.4 is 11.1 Å². The molecule has 0 aromatic carbocycles. The normalized spacial score (nSPS) is 11.6. The predicted octanol–water partition coefficient (Wildman–Crippen LogP) is 7.05. The van der Waals surface area contributed by atoms with Crippen molar-refractivity contribution < 1.29 is 9.59 Å². The number of nitrogens with one attached hydrogen (secondary N) is 1. The summed E-state index contributed by atoms with van der Waals surface area (Å²) < 4.78 is 0. The summed E-state index contributed by atoms with van der Waals surface area (Å²) in [6.45, 7) is 7.29. The highest BCUT2D eigenvalue weighted by atomic mass is 16.2. The standard InChI is InChI=1S/C26H52N2O2/c1-4-7-10-13-15-18-21-26(24(27)29,22-19-16-14-11-8-5-2)25(30)28-23-20-17-12-9-6-3/h4-23H2,1-3H3,(H2,27,29)(H,28,30). The summed E-state index contributed by atoms with van der Waals surface area (Å²) in [5.41, 5.74) is 4.85. The molecule has 0 fully saturated rings. The molecule has 30 heavy (non-hydrogen) atoms. The molecule has 3 N–H and O–H groups in total. The van der Waals surface area contributed by atoms with Crippen LogP contribution in [0.2, 0.25) is 0 Å². The fourth-order valence-corrected chi connectivity index (χ4v) is 4.22. The second-order valence-corrected chi connectivity index (χ2v) is 9.15. The summed E-state index contributed by atoms with van der Waals surface area (Å²) in [7, 11) is 0. The van der Waals surface area contributed by atoms with Crippen molar-refractivity contribution in [1.29, 1.82) is 0 Å². The van der Waals surface area contributed by atoms with Gasteiger partial charge in [0.2, 0.25) is 11.8 Å². The van der Waals surface area contributed by atoms with Gasteiger partial charge >= 0.3 is 0 Å². The molecule has 0 unspecified atom stereocenters. The predicted molar refractivity (Wildman–Crippen MR) is 129 cm³/mol. The van der Waals surface area contributed by atoms with Crippen molar-refractivity contribution in [2.45, 2.75) is 143 Å². The third kappa shape index (κ3) is 13.3. The zero-order valence-corrected chi connectivity index (χ0v) is 20.5. The molecule has 0 rings (SSSR count). The molecule has 4 heteroatoms. The second-order valence-electron chi connectivity index (χ2n) is 9.15. The Labute approximate surface area is 187 Å². The van der Waals surface area contributed by atoms with E-state index in [0.29, 0.717) is 19.4 Å². The number of primary amides is 1. The maximum atomic E-state index is 13.1. The molecule has 4 nitrogen and oxygen atoms in total. The summed E-state index contributed by atoms with van der Waals surface area (Å²) in [6.07, 6.45) is 20.8. The first-order valence-electron chi connectivity index (χ1n) is 13.1. The lowest BCUT2D eigenvalue weighted by atomic mass is 9.76. The van der Waals surface area contributed by atoms with Gasteiger partial charge in [-0.05, 0) is 19.3 Å². The Morgan fingerprint density at radius 3 is 1.37 bits per heavy atom. The van der Waals surface area contributed by atoms with Crippen molar-refractivity contribution >= 4 is 11.8 Å². The van der Waals surface area contributed by atoms with E-state index in [1.165, 1.54) is 70.6 Å². The van der Waals surface area contributed by atoms with Crippen LogP contribution in [-0.4, -0.2) is 18.4 Å². The van der Waals surface area contributed by atoms with E-state index >= 15 is 0 Å². The van der Waals surface area contributed by atoms with Crippen LogP contribution in [0.5, 0.6) is 0 Å². The van der Waals surface area contributed by atoms with Gasteiger partial charge in [-0.15, -0.1) is 0 Å². The van der Waals surface area contributed by atoms with Crippen molar-refractivity contribution in [3.8, 4) is 0 Å². The van der Waals surface area contributed by atoms with Crippen LogP contribution in [0, 0.1) is 5.41 Å². The molecule has 0 aliphatic carbocycles. The summed E-state index contributed by atoms with van der Waals surface area (Å²) in [6, 6.07) is 0. The zero-order valence-electron chi connectivity index (χ0n) is 20.5. The Balaban J connectivity index is 4.72. The molecule has 0 saturated heterocycles. The molecule has 0 saturated carbocycles. The molecule has 0 spiro atoms. The minimum atomic E-state index is -1.01. The minimum Gasteiger partial charge on any atom is -0.369 e. The Morgan fingerprint density at radius 1 is 0.600 bits per heavy atom. The Hall–Kier alpha value is -1.06. The molecule has 0 aliphatic heterocycles. The van der Waals surface area contributed by atoms with E-state index in [-0.39, 0.29) is 5.91 Å². The fourth-order valence-electron chi connectivity index (χ4n) is 4.22. The molecule has 0 aromatic heterocycles. The number of rotatable bonds is 22. The number of hydrogen-bond acceptors (Lipinski definition) is 2. The van der Waals surface area contributed by atoms with E-state index in [0.717, 1.165) is 38.5 Å². The topological polar surface area (TPSA) is 72.2 Å². The highest BCUT2D eigenvalue weighted by Crippen LogP contribution is 2.32. The minimum absolute atomic E-state index is 0.118. The summed E-state index contributed by atoms with van der Waals surface area (Å²) in [5.74, 6) is -0.541. The van der Waals surface area contributed by atoms with Crippen LogP contribution in [0.1, 0.15) is 143 Å². The lowest BCUT2D eigenvalue weighted by Crippen LogP contribution is -2.50. The van der Waals surface area contributed by atoms with Gasteiger partial charge in [0.15, 0.2) is 0 Å². The first kappa shape index (κ1) is 28.9. The molecule has 0 radical (unpaired) electrons. The van der Waals surface area contributed by atoms with E-state index in [1.807, 2.05) is 0 Å². The van der Waals surface area contributed by atoms with Gasteiger partial charge in [0, 0.05) is 6.54 Å². The highest BCUT2D eigenvalue weighted by Gasteiger charge is 2.42. The Morgan fingerprint density at radius 2 is 0.967 bits per heavy atom. The molecular formula is C26H52N2O2. The van der Waals surface area contributed by atoms with Crippen molar-refractivity contribution in [2.75, 3.05) is 6.54 Å². The van der Waals surface area contributed by atoms with Gasteiger partial charge in [-0.25, -0.2) is 0 Å². The van der Waals surface area contributed by atoms with E-state index < -0.39 is 11.3 Å². The lowest BCUT2D eigenvalue weighted by molar-refractivity contribution is -0.143. The van der Waals surface area contributed by atoms with E-state index in [4.69, 9.17) is 5.73 Å². The summed E-state index contributed by atoms with van der Waals surface area (Å²) in [5, 5.41) is 3.06. The van der Waals surface area contributed by atoms with Gasteiger partial charge in [-0.3, -0.25) is 9.59 Å². The van der Waals surface area contributed by atoms with Crippen molar-refractivity contribution in [3.05, 3.63) is 0 Å². The Bertz CT molecular complexity index is 407. The maximum Gasteiger partial charge on any atom is 0.235 e. The van der Waals surface area contributed by atoms with Crippen LogP contribution in [-0.2, 0) is 9.59 Å². The number of carbonyl (C=O) groups is 2. The number of nitrogens with two attached hydrogens (primary N) is 1. The highest BCUT2D eigenvalue weighted by molar-refractivity contribution is 6.04. The lowest BCUT2D eigenvalue weighted by Gasteiger charge is -2.29. The van der Waals surface area contributed by atoms with Gasteiger partial charge in [0.25, 0.3) is 0 Å². The quantitative estimate of drug-likeness (QED) is 0.144. The molecular weight excluding hydrogens is 372 g/mol. The van der Waals surface area contributed by atoms with Crippen LogP contribution in [0.3, 0.4) is 0 Å². The summed E-state index contributed by atoms with van der Waals surface area (Å²) in [4.78, 5) is 25.6. The van der Waals surface area contributed by atoms with Crippen molar-refractivity contribution in [1.82, 2.24) is 5.32 Å². The average molecular weight is 425 g/mol. The molecule has 0 atom stereocenters. The Kier molecular flexibility index (Phi) is 19.2. The van der Waals surface area contributed by atoms with Gasteiger partial charge in [0.1, 0.15) is 5.41 Å². The van der Waals surface area contributed by atoms with Gasteiger partial charge < -0.3 is 11.1 Å². The fraction of sp³-hybridized carbons (Fsp3) is 0.923. The monoisotopic (exact) mass is 424 g/mol. The van der Waals surface area contributed by atoms with Crippen molar-refractivity contribution in [2.24, 2.45) is 11.1 Å². The van der Waals surface area contributed by atoms with Crippen LogP contribution in [0.4, 0.5) is 0 Å². The number of hydrogen-bond donors (Lipinski definition) is 2. The van der Waals surface area contributed by atoms with E-state index in [9.17, 15) is 9.59 Å². The maximum absolute atomic E-state index is 13.1. The molecule has 0 bridgehead atoms. The number of unbranched alkanes of at least 4 members (excludes halogenated alkanes) is 14. The third-order valence-electron chi connectivity index (χ3n) is 6.39. The SMILES string of the molecule is CCCCCCCCC(CCCCCCCC)(C(N)=O)C(=O)NCCCCCCC. The number of carbonyl (C=O) groups excluding carboxylic acids is 2. The third-order valence-corrected chi connectivity index (χ3v) is 6.39. The molecule has 0 aromatic rings. The van der Waals surface area contributed by atoms with Gasteiger partial charge in [0.05, 0.1) is 0 Å². The molecule has 178 valence electrons. The molecule has 0 aliphatic rings. The van der Waals surface area contributed by atoms with E-state index in [2.05, 4.69) is 26.1 Å². The largest absolute Gasteiger partial charge is 0.369 e. The van der Waals surface area contributed by atoms with Gasteiger partial charge in [-0.2, -0.15) is 0 Å². The average Bonchev–Trinajstić information content (AvgIpc) is 2.73. The van der Waals surface area contributed by atoms with Crippen LogP contribution >= 0.6 is 0 Å². The number of amides is 2. The summed E-state index contributed by atoms with van der Waals surface area (Å²) >= 11 is 0. The zero-order chi connectivity index (χ0) is 22.5. The van der Waals surface area contributed by atoms with Gasteiger partial charge in [-0.1, -0.05) is 124 Å². The van der Waals surface area contributed by atoms with Crippen LogP contribution in [0.25, 0.3) is 0 Å². The van der Waals surface area contributed by atoms with Crippen molar-refractivity contribution in [3.63, 3.8) is 0 Å².